The molecule has 0 saturated heterocycles. The summed E-state index contributed by atoms with van der Waals surface area (Å²) in [6.07, 6.45) is 1.41. The van der Waals surface area contributed by atoms with Crippen LogP contribution in [0.15, 0.2) is 86.2 Å². The number of hydrogen-bond donors (Lipinski definition) is 0. The van der Waals surface area contributed by atoms with Crippen molar-refractivity contribution in [1.29, 1.82) is 0 Å². The molecule has 43 heavy (non-hydrogen) atoms. The number of halogens is 3. The fourth-order valence-electron chi connectivity index (χ4n) is 4.74. The summed E-state index contributed by atoms with van der Waals surface area (Å²) >= 11 is 17.0. The predicted octanol–water partition coefficient (Wildman–Crippen LogP) is 6.84. The Labute approximate surface area is 270 Å². The Bertz CT molecular complexity index is 1930. The lowest BCUT2D eigenvalue weighted by atomic mass is 9.95. The molecule has 4 aromatic rings. The minimum absolute atomic E-state index is 0.256. The highest BCUT2D eigenvalue weighted by Gasteiger charge is 2.35. The van der Waals surface area contributed by atoms with Gasteiger partial charge >= 0.3 is 5.97 Å². The van der Waals surface area contributed by atoms with E-state index < -0.39 is 12.0 Å². The van der Waals surface area contributed by atoms with Crippen LogP contribution < -0.4 is 24.4 Å². The Hall–Kier alpha value is -3.37. The van der Waals surface area contributed by atoms with Crippen molar-refractivity contribution in [2.24, 2.45) is 4.99 Å². The first-order chi connectivity index (χ1) is 20.6. The Balaban J connectivity index is 1.63. The van der Waals surface area contributed by atoms with Crippen LogP contribution in [-0.2, 0) is 16.1 Å². The summed E-state index contributed by atoms with van der Waals surface area (Å²) in [4.78, 5) is 32.7. The highest BCUT2D eigenvalue weighted by atomic mass is 79.9. The SMILES string of the molecule is COc1ccc(Br)cc1[C@@H]1C(C(=O)OC(C)C)=C(C)N=c2s/c(=C\c3ccccc3OCc3ccc(Cl)c(Cl)c3)c(=O)n21. The van der Waals surface area contributed by atoms with Crippen LogP contribution in [-0.4, -0.2) is 23.8 Å². The molecular weight excluding hydrogens is 675 g/mol. The molecule has 3 aromatic carbocycles. The second kappa shape index (κ2) is 13.1. The quantitative estimate of drug-likeness (QED) is 0.188. The number of fused-ring (bicyclic) bond motifs is 1. The second-order valence-electron chi connectivity index (χ2n) is 10.00. The Kier molecular flexibility index (Phi) is 9.46. The number of carbonyl (C=O) groups excluding carboxylic acids is 1. The molecule has 5 rings (SSSR count). The van der Waals surface area contributed by atoms with E-state index in [1.807, 2.05) is 42.5 Å². The number of nitrogens with zero attached hydrogens (tertiary/aromatic N) is 2. The molecule has 1 aliphatic rings. The third kappa shape index (κ3) is 6.60. The van der Waals surface area contributed by atoms with E-state index in [0.29, 0.717) is 47.7 Å². The van der Waals surface area contributed by atoms with Crippen molar-refractivity contribution in [3.63, 3.8) is 0 Å². The van der Waals surface area contributed by atoms with Gasteiger partial charge in [-0.05, 0) is 68.8 Å². The summed E-state index contributed by atoms with van der Waals surface area (Å²) in [5.41, 5.74) is 2.62. The number of rotatable bonds is 8. The zero-order valence-corrected chi connectivity index (χ0v) is 27.6. The van der Waals surface area contributed by atoms with Gasteiger partial charge in [0, 0.05) is 15.6 Å². The van der Waals surface area contributed by atoms with Crippen molar-refractivity contribution in [3.8, 4) is 11.5 Å². The number of thiazole rings is 1. The number of ether oxygens (including phenoxy) is 3. The van der Waals surface area contributed by atoms with Gasteiger partial charge in [0.05, 0.1) is 39.1 Å². The highest BCUT2D eigenvalue weighted by molar-refractivity contribution is 9.10. The summed E-state index contributed by atoms with van der Waals surface area (Å²) in [7, 11) is 1.55. The standard InChI is InChI=1S/C32H27BrCl2N2O5S/c1-17(2)42-31(39)28-18(3)36-32-37(29(28)22-15-21(33)10-12-26(22)40-4)30(38)27(43-32)14-20-7-5-6-8-25(20)41-16-19-9-11-23(34)24(35)13-19/h5-15,17,29H,16H2,1-4H3/b27-14-/t29-/m1/s1. The van der Waals surface area contributed by atoms with Gasteiger partial charge in [0.2, 0.25) is 0 Å². The molecule has 0 saturated carbocycles. The van der Waals surface area contributed by atoms with Gasteiger partial charge in [-0.25, -0.2) is 9.79 Å². The van der Waals surface area contributed by atoms with Crippen molar-refractivity contribution in [3.05, 3.63) is 123 Å². The molecule has 2 heterocycles. The lowest BCUT2D eigenvalue weighted by Gasteiger charge is -2.26. The average molecular weight is 702 g/mol. The first-order valence-corrected chi connectivity index (χ1v) is 15.7. The molecule has 0 fully saturated rings. The van der Waals surface area contributed by atoms with Gasteiger partial charge in [0.15, 0.2) is 4.80 Å². The molecule has 222 valence electrons. The second-order valence-corrected chi connectivity index (χ2v) is 12.7. The van der Waals surface area contributed by atoms with Crippen LogP contribution >= 0.6 is 50.5 Å². The molecule has 0 bridgehead atoms. The molecule has 0 aliphatic carbocycles. The smallest absolute Gasteiger partial charge is 0.338 e. The number of methoxy groups -OCH3 is 1. The normalized spacial score (nSPS) is 14.9. The van der Waals surface area contributed by atoms with E-state index in [4.69, 9.17) is 37.4 Å². The molecule has 1 aliphatic heterocycles. The predicted molar refractivity (Wildman–Crippen MR) is 173 cm³/mol. The van der Waals surface area contributed by atoms with Crippen molar-refractivity contribution >= 4 is 62.5 Å². The topological polar surface area (TPSA) is 79.1 Å². The molecule has 0 amide bonds. The van der Waals surface area contributed by atoms with Gasteiger partial charge in [-0.15, -0.1) is 0 Å². The van der Waals surface area contributed by atoms with Gasteiger partial charge in [-0.2, -0.15) is 0 Å². The summed E-state index contributed by atoms with van der Waals surface area (Å²) in [5, 5.41) is 0.913. The number of para-hydroxylation sites is 1. The first-order valence-electron chi connectivity index (χ1n) is 13.3. The van der Waals surface area contributed by atoms with E-state index in [2.05, 4.69) is 20.9 Å². The van der Waals surface area contributed by atoms with Crippen LogP contribution in [0, 0.1) is 0 Å². The Morgan fingerprint density at radius 2 is 1.86 bits per heavy atom. The van der Waals surface area contributed by atoms with Crippen LogP contribution in [0.4, 0.5) is 0 Å². The zero-order valence-electron chi connectivity index (χ0n) is 23.7. The minimum Gasteiger partial charge on any atom is -0.496 e. The molecule has 0 radical (unpaired) electrons. The van der Waals surface area contributed by atoms with Crippen LogP contribution in [0.25, 0.3) is 6.08 Å². The Morgan fingerprint density at radius 3 is 2.58 bits per heavy atom. The summed E-state index contributed by atoms with van der Waals surface area (Å²) in [5.74, 6) is 0.564. The number of benzene rings is 3. The highest BCUT2D eigenvalue weighted by Crippen LogP contribution is 2.37. The molecular formula is C32H27BrCl2N2O5S. The van der Waals surface area contributed by atoms with Gasteiger partial charge < -0.3 is 14.2 Å². The summed E-state index contributed by atoms with van der Waals surface area (Å²) < 4.78 is 20.1. The molecule has 11 heteroatoms. The van der Waals surface area contributed by atoms with Gasteiger partial charge in [0.1, 0.15) is 24.1 Å². The fraction of sp³-hybridized carbons (Fsp3) is 0.219. The molecule has 0 unspecified atom stereocenters. The van der Waals surface area contributed by atoms with E-state index >= 15 is 0 Å². The van der Waals surface area contributed by atoms with E-state index in [1.165, 1.54) is 15.9 Å². The zero-order chi connectivity index (χ0) is 30.8. The van der Waals surface area contributed by atoms with E-state index in [-0.39, 0.29) is 23.8 Å². The van der Waals surface area contributed by atoms with E-state index in [1.54, 1.807) is 52.2 Å². The largest absolute Gasteiger partial charge is 0.496 e. The van der Waals surface area contributed by atoms with E-state index in [9.17, 15) is 9.59 Å². The molecule has 1 aromatic heterocycles. The fourth-order valence-corrected chi connectivity index (χ4v) is 6.47. The van der Waals surface area contributed by atoms with Gasteiger partial charge in [-0.3, -0.25) is 9.36 Å². The van der Waals surface area contributed by atoms with E-state index in [0.717, 1.165) is 10.0 Å². The van der Waals surface area contributed by atoms with Gasteiger partial charge in [0.25, 0.3) is 5.56 Å². The van der Waals surface area contributed by atoms with Gasteiger partial charge in [-0.1, -0.05) is 74.7 Å². The number of aromatic nitrogens is 1. The van der Waals surface area contributed by atoms with Crippen LogP contribution in [0.2, 0.25) is 10.0 Å². The lowest BCUT2D eigenvalue weighted by molar-refractivity contribution is -0.143. The minimum atomic E-state index is -0.821. The van der Waals surface area contributed by atoms with Crippen molar-refractivity contribution in [2.45, 2.75) is 39.5 Å². The van der Waals surface area contributed by atoms with Crippen molar-refractivity contribution < 1.29 is 19.0 Å². The number of hydrogen-bond acceptors (Lipinski definition) is 7. The molecule has 0 N–H and O–H groups in total. The maximum atomic E-state index is 14.1. The van der Waals surface area contributed by atoms with Crippen LogP contribution in [0.5, 0.6) is 11.5 Å². The summed E-state index contributed by atoms with van der Waals surface area (Å²) in [6.45, 7) is 5.56. The average Bonchev–Trinajstić information content (AvgIpc) is 3.27. The number of esters is 1. The first kappa shape index (κ1) is 31.1. The molecule has 7 nitrogen and oxygen atoms in total. The third-order valence-corrected chi connectivity index (χ3v) is 8.87. The van der Waals surface area contributed by atoms with Crippen molar-refractivity contribution in [2.75, 3.05) is 7.11 Å². The number of carbonyl (C=O) groups is 1. The van der Waals surface area contributed by atoms with Crippen LogP contribution in [0.1, 0.15) is 43.5 Å². The lowest BCUT2D eigenvalue weighted by Crippen LogP contribution is -2.40. The molecule has 1 atom stereocenters. The molecule has 0 spiro atoms. The maximum Gasteiger partial charge on any atom is 0.338 e. The van der Waals surface area contributed by atoms with Crippen LogP contribution in [0.3, 0.4) is 0 Å². The summed E-state index contributed by atoms with van der Waals surface area (Å²) in [6, 6.07) is 17.4. The third-order valence-electron chi connectivity index (χ3n) is 6.65. The Morgan fingerprint density at radius 1 is 1.09 bits per heavy atom. The van der Waals surface area contributed by atoms with Crippen molar-refractivity contribution in [1.82, 2.24) is 4.57 Å². The monoisotopic (exact) mass is 700 g/mol. The number of allylic oxidation sites excluding steroid dienone is 1. The maximum absolute atomic E-state index is 14.1.